The van der Waals surface area contributed by atoms with Gasteiger partial charge in [0.05, 0.1) is 13.1 Å². The van der Waals surface area contributed by atoms with Crippen LogP contribution in [-0.4, -0.2) is 45.8 Å². The Morgan fingerprint density at radius 2 is 1.70 bits per heavy atom. The second kappa shape index (κ2) is 11.0. The average Bonchev–Trinajstić information content (AvgIpc) is 3.18. The zero-order chi connectivity index (χ0) is 23.0. The third kappa shape index (κ3) is 6.12. The molecular weight excluding hydrogens is 410 g/mol. The van der Waals surface area contributed by atoms with E-state index in [-0.39, 0.29) is 0 Å². The average molecular weight is 446 g/mol. The van der Waals surface area contributed by atoms with Crippen molar-refractivity contribution in [1.29, 1.82) is 0 Å². The Morgan fingerprint density at radius 3 is 2.36 bits per heavy atom. The van der Waals surface area contributed by atoms with Gasteiger partial charge in [-0.3, -0.25) is 0 Å². The number of hydrogen-bond acceptors (Lipinski definition) is 4. The van der Waals surface area contributed by atoms with Crippen LogP contribution in [0.5, 0.6) is 0 Å². The number of benzene rings is 2. The van der Waals surface area contributed by atoms with E-state index in [0.717, 1.165) is 24.2 Å². The molecule has 1 aromatic heterocycles. The van der Waals surface area contributed by atoms with Crippen LogP contribution >= 0.6 is 0 Å². The van der Waals surface area contributed by atoms with Crippen LogP contribution in [0.1, 0.15) is 42.0 Å². The first-order valence-corrected chi connectivity index (χ1v) is 11.8. The monoisotopic (exact) mass is 445 g/mol. The Bertz CT molecular complexity index is 1030. The minimum Gasteiger partial charge on any atom is -0.372 e. The number of rotatable bonds is 7. The summed E-state index contributed by atoms with van der Waals surface area (Å²) in [5.41, 5.74) is 3.78. The molecule has 33 heavy (non-hydrogen) atoms. The van der Waals surface area contributed by atoms with Crippen LogP contribution in [0.2, 0.25) is 0 Å². The molecular formula is C26H35N7. The molecule has 1 fully saturated rings. The molecule has 0 atom stereocenters. The fraction of sp³-hybridized carbons (Fsp3) is 0.423. The van der Waals surface area contributed by atoms with E-state index < -0.39 is 0 Å². The third-order valence-electron chi connectivity index (χ3n) is 6.28. The van der Waals surface area contributed by atoms with Crippen molar-refractivity contribution < 1.29 is 0 Å². The van der Waals surface area contributed by atoms with Gasteiger partial charge in [0.2, 0.25) is 0 Å². The fourth-order valence-electron chi connectivity index (χ4n) is 4.14. The summed E-state index contributed by atoms with van der Waals surface area (Å²) in [5.74, 6) is 2.63. The molecule has 1 N–H and O–H groups in total. The molecule has 3 aromatic rings. The molecule has 0 unspecified atom stereocenters. The van der Waals surface area contributed by atoms with Gasteiger partial charge in [-0.25, -0.2) is 4.99 Å². The molecule has 0 amide bonds. The first-order valence-electron chi connectivity index (χ1n) is 11.8. The van der Waals surface area contributed by atoms with Crippen molar-refractivity contribution in [3.8, 4) is 0 Å². The Morgan fingerprint density at radius 1 is 0.970 bits per heavy atom. The SMILES string of the molecule is Cc1nnc(CNC(=NCc2ccccc2)N(C)Cc2ccc(N3CCCCC3)cc2)n1C. The topological polar surface area (TPSA) is 61.6 Å². The first kappa shape index (κ1) is 22.8. The summed E-state index contributed by atoms with van der Waals surface area (Å²) in [5, 5.41) is 11.9. The van der Waals surface area contributed by atoms with Gasteiger partial charge in [-0.15, -0.1) is 10.2 Å². The predicted octanol–water partition coefficient (Wildman–Crippen LogP) is 3.89. The van der Waals surface area contributed by atoms with E-state index in [1.54, 1.807) is 0 Å². The van der Waals surface area contributed by atoms with E-state index in [1.807, 2.05) is 36.7 Å². The molecule has 7 heteroatoms. The normalized spacial score (nSPS) is 14.4. The van der Waals surface area contributed by atoms with E-state index in [2.05, 4.69) is 68.8 Å². The van der Waals surface area contributed by atoms with Gasteiger partial charge >= 0.3 is 0 Å². The number of anilines is 1. The number of nitrogens with zero attached hydrogens (tertiary/aromatic N) is 6. The molecule has 1 aliphatic rings. The Balaban J connectivity index is 1.44. The summed E-state index contributed by atoms with van der Waals surface area (Å²) >= 11 is 0. The summed E-state index contributed by atoms with van der Waals surface area (Å²) in [6.45, 7) is 6.27. The van der Waals surface area contributed by atoms with Crippen LogP contribution in [-0.2, 0) is 26.7 Å². The Kier molecular flexibility index (Phi) is 7.60. The number of guanidine groups is 1. The van der Waals surface area contributed by atoms with Crippen LogP contribution in [0.4, 0.5) is 5.69 Å². The Labute approximate surface area is 197 Å². The maximum atomic E-state index is 4.90. The maximum Gasteiger partial charge on any atom is 0.194 e. The van der Waals surface area contributed by atoms with Gasteiger partial charge < -0.3 is 19.7 Å². The highest BCUT2D eigenvalue weighted by atomic mass is 15.3. The van der Waals surface area contributed by atoms with Crippen LogP contribution in [0.15, 0.2) is 59.6 Å². The molecule has 4 rings (SSSR count). The van der Waals surface area contributed by atoms with E-state index in [1.165, 1.54) is 49.2 Å². The second-order valence-corrected chi connectivity index (χ2v) is 8.77. The van der Waals surface area contributed by atoms with E-state index in [0.29, 0.717) is 13.1 Å². The molecule has 0 saturated carbocycles. The van der Waals surface area contributed by atoms with Crippen LogP contribution in [0.25, 0.3) is 0 Å². The van der Waals surface area contributed by atoms with Gasteiger partial charge in [0.1, 0.15) is 5.82 Å². The quantitative estimate of drug-likeness (QED) is 0.442. The van der Waals surface area contributed by atoms with Crippen molar-refractivity contribution in [3.63, 3.8) is 0 Å². The van der Waals surface area contributed by atoms with Gasteiger partial charge in [0, 0.05) is 39.4 Å². The fourth-order valence-corrected chi connectivity index (χ4v) is 4.14. The van der Waals surface area contributed by atoms with Crippen LogP contribution in [0.3, 0.4) is 0 Å². The van der Waals surface area contributed by atoms with Crippen LogP contribution in [0, 0.1) is 6.92 Å². The largest absolute Gasteiger partial charge is 0.372 e. The Hall–Kier alpha value is -3.35. The number of hydrogen-bond donors (Lipinski definition) is 1. The number of aryl methyl sites for hydroxylation is 1. The van der Waals surface area contributed by atoms with Crippen LogP contribution < -0.4 is 10.2 Å². The predicted molar refractivity (Wildman–Crippen MR) is 134 cm³/mol. The first-order chi connectivity index (χ1) is 16.1. The molecule has 0 spiro atoms. The molecule has 174 valence electrons. The number of nitrogens with one attached hydrogen (secondary N) is 1. The lowest BCUT2D eigenvalue weighted by molar-refractivity contribution is 0.472. The minimum atomic E-state index is 0.573. The molecule has 0 aliphatic carbocycles. The number of aromatic nitrogens is 3. The second-order valence-electron chi connectivity index (χ2n) is 8.77. The zero-order valence-electron chi connectivity index (χ0n) is 20.0. The lowest BCUT2D eigenvalue weighted by atomic mass is 10.1. The molecule has 2 aromatic carbocycles. The van der Waals surface area contributed by atoms with Crippen molar-refractivity contribution in [2.24, 2.45) is 12.0 Å². The lowest BCUT2D eigenvalue weighted by Gasteiger charge is -2.29. The molecule has 0 bridgehead atoms. The van der Waals surface area contributed by atoms with E-state index >= 15 is 0 Å². The summed E-state index contributed by atoms with van der Waals surface area (Å²) in [7, 11) is 4.07. The highest BCUT2D eigenvalue weighted by molar-refractivity contribution is 5.79. The number of piperidine rings is 1. The van der Waals surface area contributed by atoms with E-state index in [9.17, 15) is 0 Å². The third-order valence-corrected chi connectivity index (χ3v) is 6.28. The van der Waals surface area contributed by atoms with Crippen molar-refractivity contribution in [1.82, 2.24) is 25.0 Å². The summed E-state index contributed by atoms with van der Waals surface area (Å²) in [6, 6.07) is 19.3. The summed E-state index contributed by atoms with van der Waals surface area (Å²) in [4.78, 5) is 9.56. The highest BCUT2D eigenvalue weighted by Crippen LogP contribution is 2.20. The smallest absolute Gasteiger partial charge is 0.194 e. The molecule has 1 aliphatic heterocycles. The van der Waals surface area contributed by atoms with Crippen molar-refractivity contribution in [2.75, 3.05) is 25.0 Å². The summed E-state index contributed by atoms with van der Waals surface area (Å²) in [6.07, 6.45) is 3.94. The van der Waals surface area contributed by atoms with Gasteiger partial charge in [0.25, 0.3) is 0 Å². The lowest BCUT2D eigenvalue weighted by Crippen LogP contribution is -2.38. The molecule has 0 radical (unpaired) electrons. The molecule has 1 saturated heterocycles. The molecule has 7 nitrogen and oxygen atoms in total. The number of aliphatic imine (C=N–C) groups is 1. The van der Waals surface area contributed by atoms with Gasteiger partial charge in [-0.05, 0) is 49.4 Å². The highest BCUT2D eigenvalue weighted by Gasteiger charge is 2.13. The maximum absolute atomic E-state index is 4.90. The standard InChI is InChI=1S/C26H35N7/c1-21-29-30-25(32(21)3)19-28-26(27-18-22-10-6-4-7-11-22)31(2)20-23-12-14-24(15-13-23)33-16-8-5-9-17-33/h4,6-7,10-15H,5,8-9,16-20H2,1-3H3,(H,27,28). The zero-order valence-corrected chi connectivity index (χ0v) is 20.0. The van der Waals surface area contributed by atoms with Crippen molar-refractivity contribution in [2.45, 2.75) is 45.8 Å². The van der Waals surface area contributed by atoms with Crippen molar-refractivity contribution in [3.05, 3.63) is 77.4 Å². The van der Waals surface area contributed by atoms with Gasteiger partial charge in [-0.1, -0.05) is 42.5 Å². The molecule has 2 heterocycles. The van der Waals surface area contributed by atoms with Gasteiger partial charge in [0.15, 0.2) is 11.8 Å². The van der Waals surface area contributed by atoms with Crippen molar-refractivity contribution >= 4 is 11.6 Å². The summed E-state index contributed by atoms with van der Waals surface area (Å²) < 4.78 is 2.00. The van der Waals surface area contributed by atoms with Gasteiger partial charge in [-0.2, -0.15) is 0 Å². The van der Waals surface area contributed by atoms with E-state index in [4.69, 9.17) is 4.99 Å². The minimum absolute atomic E-state index is 0.573.